The molecule has 3 rings (SSSR count). The van der Waals surface area contributed by atoms with E-state index in [1.165, 1.54) is 5.56 Å². The zero-order chi connectivity index (χ0) is 12.9. The molecule has 0 radical (unpaired) electrons. The molecule has 1 saturated carbocycles. The number of hydrogen-bond donors (Lipinski definition) is 1. The molecule has 1 fully saturated rings. The Morgan fingerprint density at radius 1 is 1.39 bits per heavy atom. The van der Waals surface area contributed by atoms with E-state index in [-0.39, 0.29) is 0 Å². The van der Waals surface area contributed by atoms with E-state index >= 15 is 0 Å². The molecule has 2 N–H and O–H groups in total. The van der Waals surface area contributed by atoms with E-state index in [4.69, 9.17) is 10.3 Å². The van der Waals surface area contributed by atoms with Crippen molar-refractivity contribution in [1.82, 2.24) is 5.16 Å². The second-order valence-corrected chi connectivity index (χ2v) is 5.92. The second-order valence-electron chi connectivity index (χ2n) is 5.92. The molecule has 3 heteroatoms. The van der Waals surface area contributed by atoms with Gasteiger partial charge in [0.2, 0.25) is 0 Å². The first-order valence-corrected chi connectivity index (χ1v) is 6.31. The summed E-state index contributed by atoms with van der Waals surface area (Å²) in [4.78, 5) is 0. The minimum absolute atomic E-state index is 0.310. The van der Waals surface area contributed by atoms with E-state index in [2.05, 4.69) is 44.1 Å². The molecule has 1 aromatic carbocycles. The Balaban J connectivity index is 2.09. The molecule has 1 unspecified atom stereocenters. The molecular formula is C15H18N2O. The summed E-state index contributed by atoms with van der Waals surface area (Å²) in [6, 6.07) is 8.31. The molecule has 1 aliphatic carbocycles. The highest BCUT2D eigenvalue weighted by Gasteiger charge is 2.50. The Kier molecular flexibility index (Phi) is 2.27. The lowest BCUT2D eigenvalue weighted by atomic mass is 9.99. The van der Waals surface area contributed by atoms with Crippen LogP contribution in [0.4, 0.5) is 5.82 Å². The van der Waals surface area contributed by atoms with Crippen molar-refractivity contribution in [2.24, 2.45) is 5.41 Å². The summed E-state index contributed by atoms with van der Waals surface area (Å²) >= 11 is 0. The molecule has 1 heterocycles. The van der Waals surface area contributed by atoms with Crippen LogP contribution in [0, 0.1) is 12.3 Å². The van der Waals surface area contributed by atoms with Crippen LogP contribution in [0.1, 0.15) is 37.5 Å². The molecule has 0 amide bonds. The van der Waals surface area contributed by atoms with Crippen molar-refractivity contribution >= 4 is 5.82 Å². The summed E-state index contributed by atoms with van der Waals surface area (Å²) in [5.74, 6) is 1.89. The highest BCUT2D eigenvalue weighted by molar-refractivity contribution is 5.76. The van der Waals surface area contributed by atoms with E-state index in [1.54, 1.807) is 0 Å². The van der Waals surface area contributed by atoms with Crippen LogP contribution in [-0.2, 0) is 0 Å². The highest BCUT2D eigenvalue weighted by Crippen LogP contribution is 2.60. The largest absolute Gasteiger partial charge is 0.380 e. The molecule has 0 bridgehead atoms. The standard InChI is InChI=1S/C15H18N2O/c1-9-5-4-6-10(7-9)12-13(18-17-14(12)16)11-8-15(11,2)3/h4-7,11H,8H2,1-3H3,(H2,16,17). The first-order chi connectivity index (χ1) is 8.49. The topological polar surface area (TPSA) is 52.0 Å². The smallest absolute Gasteiger partial charge is 0.175 e. The Labute approximate surface area is 107 Å². The van der Waals surface area contributed by atoms with Gasteiger partial charge in [-0.05, 0) is 24.3 Å². The summed E-state index contributed by atoms with van der Waals surface area (Å²) in [6.07, 6.45) is 1.14. The minimum Gasteiger partial charge on any atom is -0.380 e. The van der Waals surface area contributed by atoms with E-state index in [1.807, 2.05) is 6.07 Å². The fraction of sp³-hybridized carbons (Fsp3) is 0.400. The van der Waals surface area contributed by atoms with Gasteiger partial charge in [-0.3, -0.25) is 0 Å². The first kappa shape index (κ1) is 11.3. The normalized spacial score (nSPS) is 20.9. The number of nitrogen functional groups attached to an aromatic ring is 1. The average Bonchev–Trinajstić information content (AvgIpc) is 2.77. The van der Waals surface area contributed by atoms with Crippen molar-refractivity contribution < 1.29 is 4.52 Å². The number of nitrogens with zero attached hydrogens (tertiary/aromatic N) is 1. The van der Waals surface area contributed by atoms with Crippen LogP contribution in [0.3, 0.4) is 0 Å². The van der Waals surface area contributed by atoms with Crippen molar-refractivity contribution in [3.05, 3.63) is 35.6 Å². The van der Waals surface area contributed by atoms with Crippen molar-refractivity contribution in [3.63, 3.8) is 0 Å². The zero-order valence-electron chi connectivity index (χ0n) is 11.0. The van der Waals surface area contributed by atoms with E-state index in [9.17, 15) is 0 Å². The number of hydrogen-bond acceptors (Lipinski definition) is 3. The molecule has 0 saturated heterocycles. The Bertz CT molecular complexity index is 598. The van der Waals surface area contributed by atoms with Crippen LogP contribution in [0.2, 0.25) is 0 Å². The minimum atomic E-state index is 0.310. The van der Waals surface area contributed by atoms with Gasteiger partial charge in [-0.25, -0.2) is 0 Å². The van der Waals surface area contributed by atoms with Crippen LogP contribution in [0.15, 0.2) is 28.8 Å². The van der Waals surface area contributed by atoms with Gasteiger partial charge in [0.15, 0.2) is 5.82 Å². The van der Waals surface area contributed by atoms with Crippen LogP contribution >= 0.6 is 0 Å². The van der Waals surface area contributed by atoms with Crippen LogP contribution in [0.25, 0.3) is 11.1 Å². The predicted octanol–water partition coefficient (Wildman–Crippen LogP) is 3.75. The summed E-state index contributed by atoms with van der Waals surface area (Å²) in [5, 5.41) is 3.95. The Morgan fingerprint density at radius 2 is 2.11 bits per heavy atom. The third-order valence-electron chi connectivity index (χ3n) is 3.88. The maximum absolute atomic E-state index is 5.97. The van der Waals surface area contributed by atoms with Crippen LogP contribution in [-0.4, -0.2) is 5.16 Å². The summed E-state index contributed by atoms with van der Waals surface area (Å²) in [6.45, 7) is 6.57. The van der Waals surface area contributed by atoms with Gasteiger partial charge in [-0.2, -0.15) is 0 Å². The first-order valence-electron chi connectivity index (χ1n) is 6.31. The number of rotatable bonds is 2. The summed E-state index contributed by atoms with van der Waals surface area (Å²) in [7, 11) is 0. The number of anilines is 1. The van der Waals surface area contributed by atoms with E-state index < -0.39 is 0 Å². The van der Waals surface area contributed by atoms with Gasteiger partial charge >= 0.3 is 0 Å². The van der Waals surface area contributed by atoms with Crippen LogP contribution < -0.4 is 5.73 Å². The molecular weight excluding hydrogens is 224 g/mol. The SMILES string of the molecule is Cc1cccc(-c2c(N)noc2C2CC2(C)C)c1. The number of aryl methyl sites for hydroxylation is 1. The molecule has 94 valence electrons. The lowest BCUT2D eigenvalue weighted by molar-refractivity contribution is 0.376. The van der Waals surface area contributed by atoms with E-state index in [0.717, 1.165) is 23.3 Å². The molecule has 1 atom stereocenters. The molecule has 0 spiro atoms. The predicted molar refractivity (Wildman–Crippen MR) is 72.2 cm³/mol. The maximum atomic E-state index is 5.97. The lowest BCUT2D eigenvalue weighted by Crippen LogP contribution is -1.93. The fourth-order valence-electron chi connectivity index (χ4n) is 2.56. The Morgan fingerprint density at radius 3 is 2.72 bits per heavy atom. The van der Waals surface area contributed by atoms with Gasteiger partial charge in [0.05, 0.1) is 5.56 Å². The van der Waals surface area contributed by atoms with Crippen molar-refractivity contribution in [1.29, 1.82) is 0 Å². The third kappa shape index (κ3) is 1.70. The summed E-state index contributed by atoms with van der Waals surface area (Å²) < 4.78 is 5.47. The molecule has 18 heavy (non-hydrogen) atoms. The highest BCUT2D eigenvalue weighted by atomic mass is 16.5. The van der Waals surface area contributed by atoms with Gasteiger partial charge in [0.1, 0.15) is 5.76 Å². The number of nitrogens with two attached hydrogens (primary N) is 1. The third-order valence-corrected chi connectivity index (χ3v) is 3.88. The maximum Gasteiger partial charge on any atom is 0.175 e. The second kappa shape index (κ2) is 3.61. The quantitative estimate of drug-likeness (QED) is 0.872. The van der Waals surface area contributed by atoms with Crippen molar-refractivity contribution in [3.8, 4) is 11.1 Å². The van der Waals surface area contributed by atoms with Crippen molar-refractivity contribution in [2.45, 2.75) is 33.1 Å². The number of aromatic nitrogens is 1. The fourth-order valence-corrected chi connectivity index (χ4v) is 2.56. The molecule has 2 aromatic rings. The van der Waals surface area contributed by atoms with Crippen molar-refractivity contribution in [2.75, 3.05) is 5.73 Å². The zero-order valence-corrected chi connectivity index (χ0v) is 11.0. The average molecular weight is 242 g/mol. The van der Waals surface area contributed by atoms with Gasteiger partial charge < -0.3 is 10.3 Å². The molecule has 1 aromatic heterocycles. The number of benzene rings is 1. The van der Waals surface area contributed by atoms with Gasteiger partial charge in [0, 0.05) is 5.92 Å². The van der Waals surface area contributed by atoms with Gasteiger partial charge in [-0.15, -0.1) is 0 Å². The van der Waals surface area contributed by atoms with Gasteiger partial charge in [0.25, 0.3) is 0 Å². The van der Waals surface area contributed by atoms with Gasteiger partial charge in [-0.1, -0.05) is 48.8 Å². The monoisotopic (exact) mass is 242 g/mol. The lowest BCUT2D eigenvalue weighted by Gasteiger charge is -2.05. The molecule has 3 nitrogen and oxygen atoms in total. The van der Waals surface area contributed by atoms with E-state index in [0.29, 0.717) is 17.2 Å². The Hall–Kier alpha value is -1.77. The molecule has 1 aliphatic rings. The summed E-state index contributed by atoms with van der Waals surface area (Å²) in [5.41, 5.74) is 9.58. The van der Waals surface area contributed by atoms with Crippen LogP contribution in [0.5, 0.6) is 0 Å². The molecule has 0 aliphatic heterocycles.